The number of anilines is 1. The maximum atomic E-state index is 15.5. The van der Waals surface area contributed by atoms with Crippen molar-refractivity contribution in [1.29, 1.82) is 0 Å². The van der Waals surface area contributed by atoms with Crippen molar-refractivity contribution < 1.29 is 18.7 Å². The molecule has 2 fully saturated rings. The van der Waals surface area contributed by atoms with Gasteiger partial charge in [-0.2, -0.15) is 0 Å². The number of fused-ring (bicyclic) bond motifs is 1. The van der Waals surface area contributed by atoms with Crippen LogP contribution in [0, 0.1) is 11.6 Å². The Labute approximate surface area is 154 Å². The Morgan fingerprint density at radius 1 is 1.22 bits per heavy atom. The Morgan fingerprint density at radius 2 is 1.89 bits per heavy atom. The number of halogens is 2. The number of aromatic carboxylic acids is 1. The molecule has 144 valence electrons. The maximum Gasteiger partial charge on any atom is 0.341 e. The van der Waals surface area contributed by atoms with E-state index in [9.17, 15) is 19.1 Å². The molecular formula is C19H21F2N3O3. The van der Waals surface area contributed by atoms with Gasteiger partial charge in [0.2, 0.25) is 5.43 Å². The number of hydrogen-bond acceptors (Lipinski definition) is 4. The van der Waals surface area contributed by atoms with Gasteiger partial charge in [0.05, 0.1) is 10.9 Å². The molecular weight excluding hydrogens is 356 g/mol. The second-order valence-electron chi connectivity index (χ2n) is 7.15. The molecule has 1 aliphatic carbocycles. The minimum atomic E-state index is -1.39. The van der Waals surface area contributed by atoms with Crippen LogP contribution in [-0.2, 0) is 0 Å². The Kier molecular flexibility index (Phi) is 4.38. The monoisotopic (exact) mass is 377 g/mol. The molecule has 2 aliphatic rings. The van der Waals surface area contributed by atoms with Crippen LogP contribution in [0.2, 0.25) is 0 Å². The highest BCUT2D eigenvalue weighted by Crippen LogP contribution is 2.39. The van der Waals surface area contributed by atoms with E-state index < -0.39 is 28.6 Å². The number of carboxylic acid groups (broad SMARTS) is 1. The standard InChI is InChI=1S/C19H21F2N3O3/c1-2-22-5-7-23(8-6-22)17-14(20)9-12-16(15(17)21)24(11-3-4-11)10-13(18(12)25)19(26)27/h9-11H,2-8H2,1H3,(H,26,27). The van der Waals surface area contributed by atoms with Gasteiger partial charge < -0.3 is 19.5 Å². The molecule has 1 aromatic carbocycles. The average Bonchev–Trinajstić information content (AvgIpc) is 3.48. The SMILES string of the molecule is CCN1CCN(c2c(F)cc3c(=O)c(C(=O)O)cn(C4CC4)c3c2F)CC1. The third-order valence-corrected chi connectivity index (χ3v) is 5.49. The van der Waals surface area contributed by atoms with Gasteiger partial charge in [-0.3, -0.25) is 4.79 Å². The van der Waals surface area contributed by atoms with Crippen LogP contribution < -0.4 is 10.3 Å². The zero-order valence-electron chi connectivity index (χ0n) is 15.0. The van der Waals surface area contributed by atoms with E-state index in [4.69, 9.17) is 0 Å². The number of benzene rings is 1. The zero-order chi connectivity index (χ0) is 19.3. The largest absolute Gasteiger partial charge is 0.477 e. The first kappa shape index (κ1) is 17.9. The van der Waals surface area contributed by atoms with Gasteiger partial charge in [-0.1, -0.05) is 6.92 Å². The van der Waals surface area contributed by atoms with Crippen LogP contribution >= 0.6 is 0 Å². The number of aromatic nitrogens is 1. The summed E-state index contributed by atoms with van der Waals surface area (Å²) in [5.74, 6) is -3.00. The third kappa shape index (κ3) is 2.97. The number of carboxylic acids is 1. The molecule has 0 radical (unpaired) electrons. The summed E-state index contributed by atoms with van der Waals surface area (Å²) in [6, 6.07) is 0.934. The molecule has 2 aromatic rings. The predicted molar refractivity (Wildman–Crippen MR) is 97.7 cm³/mol. The van der Waals surface area contributed by atoms with Gasteiger partial charge in [0.15, 0.2) is 5.82 Å². The summed E-state index contributed by atoms with van der Waals surface area (Å²) in [5, 5.41) is 9.07. The van der Waals surface area contributed by atoms with Crippen LogP contribution in [0.15, 0.2) is 17.1 Å². The van der Waals surface area contributed by atoms with Gasteiger partial charge in [-0.05, 0) is 25.5 Å². The fraction of sp³-hybridized carbons (Fsp3) is 0.474. The molecule has 4 rings (SSSR count). The molecule has 1 aliphatic heterocycles. The number of rotatable bonds is 4. The van der Waals surface area contributed by atoms with Gasteiger partial charge in [-0.25, -0.2) is 13.6 Å². The number of pyridine rings is 1. The van der Waals surface area contributed by atoms with E-state index in [1.165, 1.54) is 10.8 Å². The second kappa shape index (κ2) is 6.60. The summed E-state index contributed by atoms with van der Waals surface area (Å²) in [4.78, 5) is 27.8. The van der Waals surface area contributed by atoms with Crippen molar-refractivity contribution in [2.24, 2.45) is 0 Å². The van der Waals surface area contributed by atoms with Crippen molar-refractivity contribution in [1.82, 2.24) is 9.47 Å². The molecule has 1 saturated heterocycles. The molecule has 1 N–H and O–H groups in total. The Morgan fingerprint density at radius 3 is 2.44 bits per heavy atom. The number of hydrogen-bond donors (Lipinski definition) is 1. The summed E-state index contributed by atoms with van der Waals surface area (Å²) in [7, 11) is 0. The van der Waals surface area contributed by atoms with Crippen LogP contribution in [0.25, 0.3) is 10.9 Å². The van der Waals surface area contributed by atoms with Crippen LogP contribution in [0.3, 0.4) is 0 Å². The molecule has 27 heavy (non-hydrogen) atoms. The molecule has 2 heterocycles. The third-order valence-electron chi connectivity index (χ3n) is 5.49. The minimum Gasteiger partial charge on any atom is -0.477 e. The number of piperazine rings is 1. The quantitative estimate of drug-likeness (QED) is 0.887. The lowest BCUT2D eigenvalue weighted by Crippen LogP contribution is -2.46. The maximum absolute atomic E-state index is 15.5. The topological polar surface area (TPSA) is 65.8 Å². The smallest absolute Gasteiger partial charge is 0.341 e. The van der Waals surface area contributed by atoms with E-state index >= 15 is 4.39 Å². The fourth-order valence-corrected chi connectivity index (χ4v) is 3.80. The van der Waals surface area contributed by atoms with E-state index in [0.717, 1.165) is 25.5 Å². The first-order valence-electron chi connectivity index (χ1n) is 9.19. The fourth-order valence-electron chi connectivity index (χ4n) is 3.80. The Bertz CT molecular complexity index is 977. The van der Waals surface area contributed by atoms with Gasteiger partial charge in [0, 0.05) is 38.4 Å². The van der Waals surface area contributed by atoms with E-state index in [2.05, 4.69) is 4.90 Å². The summed E-state index contributed by atoms with van der Waals surface area (Å²) < 4.78 is 31.8. The normalized spacial score (nSPS) is 18.3. The lowest BCUT2D eigenvalue weighted by Gasteiger charge is -2.36. The van der Waals surface area contributed by atoms with Crippen molar-refractivity contribution in [3.8, 4) is 0 Å². The average molecular weight is 377 g/mol. The molecule has 0 bridgehead atoms. The van der Waals surface area contributed by atoms with E-state index in [1.807, 2.05) is 6.92 Å². The van der Waals surface area contributed by atoms with Gasteiger partial charge in [0.1, 0.15) is 17.1 Å². The van der Waals surface area contributed by atoms with Crippen LogP contribution in [0.4, 0.5) is 14.5 Å². The van der Waals surface area contributed by atoms with Crippen LogP contribution in [-0.4, -0.2) is 53.3 Å². The summed E-state index contributed by atoms with van der Waals surface area (Å²) in [6.07, 6.45) is 2.75. The highest BCUT2D eigenvalue weighted by molar-refractivity contribution is 5.94. The molecule has 0 unspecified atom stereocenters. The summed E-state index contributed by atoms with van der Waals surface area (Å²) >= 11 is 0. The Hall–Kier alpha value is -2.48. The minimum absolute atomic E-state index is 0.00169. The Balaban J connectivity index is 1.91. The first-order chi connectivity index (χ1) is 12.9. The van der Waals surface area contributed by atoms with Gasteiger partial charge in [0.25, 0.3) is 0 Å². The number of carbonyl (C=O) groups is 1. The van der Waals surface area contributed by atoms with Gasteiger partial charge in [-0.15, -0.1) is 0 Å². The van der Waals surface area contributed by atoms with Crippen molar-refractivity contribution in [3.05, 3.63) is 39.7 Å². The number of nitrogens with zero attached hydrogens (tertiary/aromatic N) is 3. The highest BCUT2D eigenvalue weighted by Gasteiger charge is 2.31. The summed E-state index contributed by atoms with van der Waals surface area (Å²) in [6.45, 7) is 5.33. The van der Waals surface area contributed by atoms with Crippen molar-refractivity contribution in [3.63, 3.8) is 0 Å². The molecule has 0 atom stereocenters. The lowest BCUT2D eigenvalue weighted by molar-refractivity contribution is 0.0695. The van der Waals surface area contributed by atoms with Crippen molar-refractivity contribution in [2.75, 3.05) is 37.6 Å². The van der Waals surface area contributed by atoms with E-state index in [0.29, 0.717) is 26.2 Å². The molecule has 8 heteroatoms. The van der Waals surface area contributed by atoms with Crippen molar-refractivity contribution in [2.45, 2.75) is 25.8 Å². The number of likely N-dealkylation sites (N-methyl/N-ethyl adjacent to an activating group) is 1. The van der Waals surface area contributed by atoms with Gasteiger partial charge >= 0.3 is 5.97 Å². The predicted octanol–water partition coefficient (Wildman–Crippen LogP) is 2.45. The molecule has 6 nitrogen and oxygen atoms in total. The molecule has 1 aromatic heterocycles. The van der Waals surface area contributed by atoms with Crippen LogP contribution in [0.1, 0.15) is 36.2 Å². The summed E-state index contributed by atoms with van der Waals surface area (Å²) in [5.41, 5.74) is -1.44. The first-order valence-corrected chi connectivity index (χ1v) is 9.19. The van der Waals surface area contributed by atoms with E-state index in [1.54, 1.807) is 4.90 Å². The molecule has 1 saturated carbocycles. The highest BCUT2D eigenvalue weighted by atomic mass is 19.1. The van der Waals surface area contributed by atoms with Crippen molar-refractivity contribution >= 4 is 22.6 Å². The molecule has 0 amide bonds. The zero-order valence-corrected chi connectivity index (χ0v) is 15.0. The molecule has 0 spiro atoms. The lowest BCUT2D eigenvalue weighted by atomic mass is 10.1. The second-order valence-corrected chi connectivity index (χ2v) is 7.15. The van der Waals surface area contributed by atoms with E-state index in [-0.39, 0.29) is 22.6 Å². The van der Waals surface area contributed by atoms with Crippen LogP contribution in [0.5, 0.6) is 0 Å².